The van der Waals surface area contributed by atoms with Gasteiger partial charge < -0.3 is 20.8 Å². The molecule has 1 saturated carbocycles. The minimum absolute atomic E-state index is 0.0377. The number of aliphatic carboxylic acids is 2. The zero-order chi connectivity index (χ0) is 17.1. The van der Waals surface area contributed by atoms with Gasteiger partial charge in [0, 0.05) is 11.7 Å². The van der Waals surface area contributed by atoms with Crippen molar-refractivity contribution in [3.63, 3.8) is 0 Å². The van der Waals surface area contributed by atoms with Crippen LogP contribution in [0.1, 0.15) is 39.0 Å². The Kier molecular flexibility index (Phi) is 8.75. The molecule has 6 nitrogen and oxygen atoms in total. The minimum atomic E-state index is -0.853. The molecule has 128 valence electrons. The highest BCUT2D eigenvalue weighted by Crippen LogP contribution is 2.17. The van der Waals surface area contributed by atoms with Crippen LogP contribution in [-0.2, 0) is 9.59 Å². The zero-order valence-corrected chi connectivity index (χ0v) is 13.5. The van der Waals surface area contributed by atoms with E-state index in [0.29, 0.717) is 6.04 Å². The summed E-state index contributed by atoms with van der Waals surface area (Å²) >= 11 is 0. The molecular weight excluding hydrogens is 296 g/mol. The molecule has 6 heteroatoms. The maximum atomic E-state index is 10.5. The highest BCUT2D eigenvalue weighted by Gasteiger charge is 2.18. The standard InChI is InChI=1S/C9H17NO2.C8H9NO2/c1-7(9(11)12)10-8-5-3-2-4-6-8;10-8(11)6-9-7-4-2-1-3-5-7/h7-8,10H,2-6H2,1H3,(H,11,12);1-5,9H,6H2,(H,10,11)/t7-;/m0./s1. The van der Waals surface area contributed by atoms with E-state index in [1.807, 2.05) is 30.3 Å². The Morgan fingerprint density at radius 2 is 1.74 bits per heavy atom. The topological polar surface area (TPSA) is 98.7 Å². The molecule has 0 saturated heterocycles. The van der Waals surface area contributed by atoms with E-state index < -0.39 is 18.0 Å². The molecule has 1 aliphatic carbocycles. The molecule has 0 unspecified atom stereocenters. The van der Waals surface area contributed by atoms with E-state index in [-0.39, 0.29) is 6.54 Å². The summed E-state index contributed by atoms with van der Waals surface area (Å²) in [5.74, 6) is -1.60. The molecule has 1 aliphatic rings. The lowest BCUT2D eigenvalue weighted by Gasteiger charge is -2.24. The summed E-state index contributed by atoms with van der Waals surface area (Å²) in [7, 11) is 0. The van der Waals surface area contributed by atoms with Crippen molar-refractivity contribution in [1.29, 1.82) is 0 Å². The number of benzene rings is 1. The van der Waals surface area contributed by atoms with E-state index in [2.05, 4.69) is 10.6 Å². The lowest BCUT2D eigenvalue weighted by molar-refractivity contribution is -0.139. The van der Waals surface area contributed by atoms with E-state index in [0.717, 1.165) is 18.5 Å². The quantitative estimate of drug-likeness (QED) is 0.642. The average Bonchev–Trinajstić information content (AvgIpc) is 2.55. The van der Waals surface area contributed by atoms with Crippen LogP contribution in [-0.4, -0.2) is 40.8 Å². The molecule has 23 heavy (non-hydrogen) atoms. The molecule has 4 N–H and O–H groups in total. The van der Waals surface area contributed by atoms with Crippen LogP contribution in [0.15, 0.2) is 30.3 Å². The fourth-order valence-corrected chi connectivity index (χ4v) is 2.43. The summed E-state index contributed by atoms with van der Waals surface area (Å²) in [5.41, 5.74) is 0.829. The first kappa shape index (κ1) is 19.0. The molecule has 1 aromatic rings. The zero-order valence-electron chi connectivity index (χ0n) is 13.5. The Balaban J connectivity index is 0.000000231. The number of hydrogen-bond acceptors (Lipinski definition) is 4. The second-order valence-corrected chi connectivity index (χ2v) is 5.67. The van der Waals surface area contributed by atoms with E-state index in [4.69, 9.17) is 10.2 Å². The van der Waals surface area contributed by atoms with Crippen molar-refractivity contribution in [3.8, 4) is 0 Å². The summed E-state index contributed by atoms with van der Waals surface area (Å²) in [6.07, 6.45) is 6.06. The Morgan fingerprint density at radius 1 is 1.13 bits per heavy atom. The first-order chi connectivity index (χ1) is 11.0. The van der Waals surface area contributed by atoms with Gasteiger partial charge in [0.2, 0.25) is 0 Å². The fraction of sp³-hybridized carbons (Fsp3) is 0.529. The number of carboxylic acids is 2. The van der Waals surface area contributed by atoms with Gasteiger partial charge in [0.05, 0.1) is 0 Å². The van der Waals surface area contributed by atoms with Gasteiger partial charge in [-0.1, -0.05) is 37.5 Å². The minimum Gasteiger partial charge on any atom is -0.480 e. The molecule has 0 aliphatic heterocycles. The summed E-state index contributed by atoms with van der Waals surface area (Å²) in [6, 6.07) is 9.27. The van der Waals surface area contributed by atoms with Crippen molar-refractivity contribution in [2.24, 2.45) is 0 Å². The third-order valence-corrected chi connectivity index (χ3v) is 3.68. The van der Waals surface area contributed by atoms with Crippen LogP contribution in [0.25, 0.3) is 0 Å². The molecule has 1 aromatic carbocycles. The molecule has 0 spiro atoms. The van der Waals surface area contributed by atoms with E-state index >= 15 is 0 Å². The van der Waals surface area contributed by atoms with E-state index in [1.54, 1.807) is 6.92 Å². The fourth-order valence-electron chi connectivity index (χ4n) is 2.43. The molecule has 0 heterocycles. The maximum absolute atomic E-state index is 10.5. The smallest absolute Gasteiger partial charge is 0.322 e. The number of rotatable bonds is 6. The number of hydrogen-bond donors (Lipinski definition) is 4. The van der Waals surface area contributed by atoms with Crippen LogP contribution in [0.4, 0.5) is 5.69 Å². The van der Waals surface area contributed by atoms with Crippen molar-refractivity contribution < 1.29 is 19.8 Å². The number of nitrogens with one attached hydrogen (secondary N) is 2. The second kappa shape index (κ2) is 10.6. The van der Waals surface area contributed by atoms with Crippen LogP contribution < -0.4 is 10.6 Å². The van der Waals surface area contributed by atoms with Crippen LogP contribution in [0, 0.1) is 0 Å². The molecule has 0 bridgehead atoms. The summed E-state index contributed by atoms with van der Waals surface area (Å²) in [5, 5.41) is 22.8. The van der Waals surface area contributed by atoms with Gasteiger partial charge in [0.25, 0.3) is 0 Å². The van der Waals surface area contributed by atoms with Gasteiger partial charge in [-0.05, 0) is 31.9 Å². The summed E-state index contributed by atoms with van der Waals surface area (Å²) in [6.45, 7) is 1.67. The number of carbonyl (C=O) groups is 2. The van der Waals surface area contributed by atoms with Crippen molar-refractivity contribution in [3.05, 3.63) is 30.3 Å². The third-order valence-electron chi connectivity index (χ3n) is 3.68. The van der Waals surface area contributed by atoms with Gasteiger partial charge in [-0.15, -0.1) is 0 Å². The number of carboxylic acid groups (broad SMARTS) is 2. The first-order valence-electron chi connectivity index (χ1n) is 7.98. The predicted molar refractivity (Wildman–Crippen MR) is 89.7 cm³/mol. The molecule has 1 fully saturated rings. The van der Waals surface area contributed by atoms with Crippen LogP contribution >= 0.6 is 0 Å². The second-order valence-electron chi connectivity index (χ2n) is 5.67. The lowest BCUT2D eigenvalue weighted by Crippen LogP contribution is -2.42. The van der Waals surface area contributed by atoms with Gasteiger partial charge in [-0.25, -0.2) is 0 Å². The molecule has 2 rings (SSSR count). The Hall–Kier alpha value is -2.08. The highest BCUT2D eigenvalue weighted by molar-refractivity contribution is 5.73. The van der Waals surface area contributed by atoms with E-state index in [9.17, 15) is 9.59 Å². The van der Waals surface area contributed by atoms with Crippen LogP contribution in [0.2, 0.25) is 0 Å². The van der Waals surface area contributed by atoms with Crippen molar-refractivity contribution in [2.45, 2.75) is 51.1 Å². The van der Waals surface area contributed by atoms with Gasteiger partial charge in [0.15, 0.2) is 0 Å². The summed E-state index contributed by atoms with van der Waals surface area (Å²) < 4.78 is 0. The molecular formula is C17H26N2O4. The average molecular weight is 322 g/mol. The summed E-state index contributed by atoms with van der Waals surface area (Å²) in [4.78, 5) is 20.6. The third kappa shape index (κ3) is 8.83. The van der Waals surface area contributed by atoms with Crippen molar-refractivity contribution in [1.82, 2.24) is 5.32 Å². The molecule has 0 radical (unpaired) electrons. The highest BCUT2D eigenvalue weighted by atomic mass is 16.4. The Morgan fingerprint density at radius 3 is 2.26 bits per heavy atom. The van der Waals surface area contributed by atoms with Gasteiger partial charge in [-0.2, -0.15) is 0 Å². The van der Waals surface area contributed by atoms with Gasteiger partial charge in [0.1, 0.15) is 12.6 Å². The van der Waals surface area contributed by atoms with Crippen LogP contribution in [0.3, 0.4) is 0 Å². The maximum Gasteiger partial charge on any atom is 0.322 e. The molecule has 0 amide bonds. The van der Waals surface area contributed by atoms with Crippen LogP contribution in [0.5, 0.6) is 0 Å². The van der Waals surface area contributed by atoms with Gasteiger partial charge >= 0.3 is 11.9 Å². The van der Waals surface area contributed by atoms with E-state index in [1.165, 1.54) is 19.3 Å². The predicted octanol–water partition coefficient (Wildman–Crippen LogP) is 2.56. The monoisotopic (exact) mass is 322 g/mol. The number of anilines is 1. The van der Waals surface area contributed by atoms with Gasteiger partial charge in [-0.3, -0.25) is 9.59 Å². The Bertz CT molecular complexity index is 473. The number of para-hydroxylation sites is 1. The SMILES string of the molecule is C[C@H](NC1CCCCC1)C(=O)O.O=C(O)CNc1ccccc1. The normalized spacial score (nSPS) is 15.9. The molecule has 1 atom stereocenters. The molecule has 0 aromatic heterocycles. The van der Waals surface area contributed by atoms with Crippen molar-refractivity contribution in [2.75, 3.05) is 11.9 Å². The van der Waals surface area contributed by atoms with Crippen molar-refractivity contribution >= 4 is 17.6 Å². The Labute approximate surface area is 136 Å². The first-order valence-corrected chi connectivity index (χ1v) is 7.98. The lowest BCUT2D eigenvalue weighted by atomic mass is 9.95. The largest absolute Gasteiger partial charge is 0.480 e.